The highest BCUT2D eigenvalue weighted by atomic mass is 16.6. The van der Waals surface area contributed by atoms with Crippen LogP contribution in [0.3, 0.4) is 0 Å². The molecule has 5 atom stereocenters. The van der Waals surface area contributed by atoms with Gasteiger partial charge >= 0.3 is 5.97 Å². The molecular weight excluding hydrogens is 212 g/mol. The third-order valence-electron chi connectivity index (χ3n) is 4.04. The zero-order chi connectivity index (χ0) is 13.0. The van der Waals surface area contributed by atoms with Gasteiger partial charge in [0.2, 0.25) is 0 Å². The molecule has 0 N–H and O–H groups in total. The zero-order valence-corrected chi connectivity index (χ0v) is 12.0. The molecule has 0 saturated carbocycles. The second-order valence-electron chi connectivity index (χ2n) is 6.14. The normalized spacial score (nSPS) is 29.1. The molecule has 0 amide bonds. The minimum atomic E-state index is -0.0196. The molecule has 0 unspecified atom stereocenters. The van der Waals surface area contributed by atoms with Crippen molar-refractivity contribution in [2.24, 2.45) is 23.7 Å². The Labute approximate surface area is 106 Å². The Hall–Kier alpha value is -0.530. The van der Waals surface area contributed by atoms with Gasteiger partial charge in [0.15, 0.2) is 0 Å². The summed E-state index contributed by atoms with van der Waals surface area (Å²) in [6, 6.07) is 0. The molecule has 1 heterocycles. The molecular formula is C15H28O2. The molecule has 0 bridgehead atoms. The largest absolute Gasteiger partial charge is 0.461 e. The number of carbonyl (C=O) groups is 1. The summed E-state index contributed by atoms with van der Waals surface area (Å²) in [7, 11) is 0. The van der Waals surface area contributed by atoms with Crippen molar-refractivity contribution < 1.29 is 9.53 Å². The Morgan fingerprint density at radius 3 is 2.29 bits per heavy atom. The number of hydrogen-bond acceptors (Lipinski definition) is 2. The summed E-state index contributed by atoms with van der Waals surface area (Å²) in [4.78, 5) is 11.1. The molecule has 1 aliphatic heterocycles. The summed E-state index contributed by atoms with van der Waals surface area (Å²) in [6.07, 6.45) is 5.25. The van der Waals surface area contributed by atoms with Crippen LogP contribution in [0, 0.1) is 23.7 Å². The molecule has 0 spiro atoms. The van der Waals surface area contributed by atoms with E-state index in [4.69, 9.17) is 4.74 Å². The maximum absolute atomic E-state index is 11.1. The van der Waals surface area contributed by atoms with Gasteiger partial charge in [-0.2, -0.15) is 0 Å². The van der Waals surface area contributed by atoms with Gasteiger partial charge in [0, 0.05) is 0 Å². The standard InChI is InChI=1S/C15H28O2/c1-6-7-10(2)8-11(3)9-12(4)14-13(5)15(16)17-14/h10-14H,6-9H2,1-5H3/t10-,11-,12-,13+,14+/m0/s1. The van der Waals surface area contributed by atoms with E-state index < -0.39 is 0 Å². The lowest BCUT2D eigenvalue weighted by molar-refractivity contribution is -0.189. The van der Waals surface area contributed by atoms with Gasteiger partial charge in [-0.15, -0.1) is 0 Å². The SMILES string of the molecule is CCC[C@H](C)C[C@H](C)C[C@H](C)[C@H]1OC(=O)[C@@H]1C. The molecule has 0 aromatic rings. The molecule has 0 aromatic heterocycles. The maximum atomic E-state index is 11.1. The summed E-state index contributed by atoms with van der Waals surface area (Å²) in [5.74, 6) is 2.16. The van der Waals surface area contributed by atoms with Gasteiger partial charge in [-0.3, -0.25) is 4.79 Å². The predicted molar refractivity (Wildman–Crippen MR) is 70.7 cm³/mol. The second kappa shape index (κ2) is 6.42. The molecule has 17 heavy (non-hydrogen) atoms. The molecule has 2 heteroatoms. The highest BCUT2D eigenvalue weighted by Gasteiger charge is 2.42. The zero-order valence-electron chi connectivity index (χ0n) is 12.0. The Morgan fingerprint density at radius 1 is 1.18 bits per heavy atom. The van der Waals surface area contributed by atoms with E-state index in [0.717, 1.165) is 11.8 Å². The molecule has 0 aliphatic carbocycles. The number of carbonyl (C=O) groups excluding carboxylic acids is 1. The number of hydrogen-bond donors (Lipinski definition) is 0. The average Bonchev–Trinajstić information content (AvgIpc) is 2.24. The quantitative estimate of drug-likeness (QED) is 0.628. The van der Waals surface area contributed by atoms with Crippen molar-refractivity contribution in [2.45, 2.75) is 66.4 Å². The third kappa shape index (κ3) is 4.01. The van der Waals surface area contributed by atoms with Crippen LogP contribution in [-0.4, -0.2) is 12.1 Å². The van der Waals surface area contributed by atoms with Crippen LogP contribution in [-0.2, 0) is 9.53 Å². The van der Waals surface area contributed by atoms with Crippen LogP contribution in [0.25, 0.3) is 0 Å². The molecule has 1 rings (SSSR count). The van der Waals surface area contributed by atoms with E-state index in [1.807, 2.05) is 6.92 Å². The summed E-state index contributed by atoms with van der Waals surface area (Å²) in [6.45, 7) is 11.1. The fourth-order valence-electron chi connectivity index (χ4n) is 3.18. The molecule has 0 radical (unpaired) electrons. The van der Waals surface area contributed by atoms with Crippen molar-refractivity contribution in [2.75, 3.05) is 0 Å². The van der Waals surface area contributed by atoms with Crippen molar-refractivity contribution in [1.29, 1.82) is 0 Å². The minimum Gasteiger partial charge on any atom is -0.461 e. The van der Waals surface area contributed by atoms with Crippen LogP contribution in [0.1, 0.15) is 60.3 Å². The lowest BCUT2D eigenvalue weighted by Crippen LogP contribution is -2.47. The van der Waals surface area contributed by atoms with E-state index in [2.05, 4.69) is 27.7 Å². The summed E-state index contributed by atoms with van der Waals surface area (Å²) in [5.41, 5.74) is 0. The Balaban J connectivity index is 2.26. The predicted octanol–water partition coefficient (Wildman–Crippen LogP) is 4.04. The number of cyclic esters (lactones) is 1. The average molecular weight is 240 g/mol. The first kappa shape index (κ1) is 14.5. The van der Waals surface area contributed by atoms with Gasteiger partial charge in [0.25, 0.3) is 0 Å². The van der Waals surface area contributed by atoms with Crippen LogP contribution in [0.4, 0.5) is 0 Å². The smallest absolute Gasteiger partial charge is 0.312 e. The second-order valence-corrected chi connectivity index (χ2v) is 6.14. The van der Waals surface area contributed by atoms with Gasteiger partial charge in [0.05, 0.1) is 5.92 Å². The van der Waals surface area contributed by atoms with Gasteiger partial charge in [-0.1, -0.05) is 40.5 Å². The van der Waals surface area contributed by atoms with Gasteiger partial charge < -0.3 is 4.74 Å². The molecule has 2 nitrogen and oxygen atoms in total. The van der Waals surface area contributed by atoms with E-state index in [1.165, 1.54) is 25.7 Å². The van der Waals surface area contributed by atoms with Crippen LogP contribution >= 0.6 is 0 Å². The summed E-state index contributed by atoms with van der Waals surface area (Å²) >= 11 is 0. The van der Waals surface area contributed by atoms with Crippen LogP contribution in [0.2, 0.25) is 0 Å². The molecule has 1 fully saturated rings. The summed E-state index contributed by atoms with van der Waals surface area (Å²) in [5, 5.41) is 0. The van der Waals surface area contributed by atoms with Crippen molar-refractivity contribution >= 4 is 5.97 Å². The minimum absolute atomic E-state index is 0.0196. The van der Waals surface area contributed by atoms with E-state index in [-0.39, 0.29) is 18.0 Å². The van der Waals surface area contributed by atoms with Crippen LogP contribution < -0.4 is 0 Å². The van der Waals surface area contributed by atoms with Gasteiger partial charge in [-0.25, -0.2) is 0 Å². The first-order chi connectivity index (χ1) is 7.95. The third-order valence-corrected chi connectivity index (χ3v) is 4.04. The molecule has 1 aliphatic rings. The number of ether oxygens (including phenoxy) is 1. The van der Waals surface area contributed by atoms with E-state index in [1.54, 1.807) is 0 Å². The van der Waals surface area contributed by atoms with Gasteiger partial charge in [0.1, 0.15) is 6.10 Å². The number of esters is 1. The van der Waals surface area contributed by atoms with Gasteiger partial charge in [-0.05, 0) is 37.5 Å². The van der Waals surface area contributed by atoms with Crippen molar-refractivity contribution in [3.8, 4) is 0 Å². The van der Waals surface area contributed by atoms with E-state index in [9.17, 15) is 4.79 Å². The van der Waals surface area contributed by atoms with Crippen LogP contribution in [0.5, 0.6) is 0 Å². The summed E-state index contributed by atoms with van der Waals surface area (Å²) < 4.78 is 5.23. The Bertz CT molecular complexity index is 249. The van der Waals surface area contributed by atoms with E-state index >= 15 is 0 Å². The number of rotatable bonds is 7. The maximum Gasteiger partial charge on any atom is 0.312 e. The highest BCUT2D eigenvalue weighted by molar-refractivity contribution is 5.78. The first-order valence-electron chi connectivity index (χ1n) is 7.16. The molecule has 1 saturated heterocycles. The van der Waals surface area contributed by atoms with Crippen molar-refractivity contribution in [3.63, 3.8) is 0 Å². The lowest BCUT2D eigenvalue weighted by Gasteiger charge is -2.38. The highest BCUT2D eigenvalue weighted by Crippen LogP contribution is 2.33. The Morgan fingerprint density at radius 2 is 1.82 bits per heavy atom. The monoisotopic (exact) mass is 240 g/mol. The molecule has 0 aromatic carbocycles. The molecule has 100 valence electrons. The van der Waals surface area contributed by atoms with E-state index in [0.29, 0.717) is 5.92 Å². The van der Waals surface area contributed by atoms with Crippen LogP contribution in [0.15, 0.2) is 0 Å². The fraction of sp³-hybridized carbons (Fsp3) is 0.933. The topological polar surface area (TPSA) is 26.3 Å². The lowest BCUT2D eigenvalue weighted by atomic mass is 9.81. The fourth-order valence-corrected chi connectivity index (χ4v) is 3.18. The first-order valence-corrected chi connectivity index (χ1v) is 7.16. The van der Waals surface area contributed by atoms with Crippen molar-refractivity contribution in [1.82, 2.24) is 0 Å². The van der Waals surface area contributed by atoms with Crippen molar-refractivity contribution in [3.05, 3.63) is 0 Å². The Kier molecular flexibility index (Phi) is 5.48.